The molecule has 0 bridgehead atoms. The number of hydrogen-bond donors (Lipinski definition) is 1. The first-order valence-corrected chi connectivity index (χ1v) is 8.66. The molecule has 0 aliphatic carbocycles. The van der Waals surface area contributed by atoms with Crippen LogP contribution in [0.5, 0.6) is 0 Å². The van der Waals surface area contributed by atoms with Gasteiger partial charge in [-0.1, -0.05) is 23.9 Å². The first kappa shape index (κ1) is 15.5. The number of anilines is 1. The number of non-ortho nitro benzene ring substituents is 1. The zero-order valence-electron chi connectivity index (χ0n) is 13.1. The molecule has 3 aromatic rings. The highest BCUT2D eigenvalue weighted by Gasteiger charge is 2.27. The molecular formula is C16H13N5O3S. The average Bonchev–Trinajstić information content (AvgIpc) is 3.30. The molecule has 2 aromatic heterocycles. The Balaban J connectivity index is 1.81. The SMILES string of the molecule is CSc1nc2n(n1)[C@H](c1ccco1)C=C(c1cccc([N+](=O)[O-])c1)N2. The van der Waals surface area contributed by atoms with Crippen molar-refractivity contribution < 1.29 is 9.34 Å². The van der Waals surface area contributed by atoms with Crippen LogP contribution in [0.25, 0.3) is 5.70 Å². The van der Waals surface area contributed by atoms with Gasteiger partial charge in [0.05, 0.1) is 11.2 Å². The van der Waals surface area contributed by atoms with E-state index < -0.39 is 4.92 Å². The van der Waals surface area contributed by atoms with E-state index in [1.807, 2.05) is 30.5 Å². The minimum atomic E-state index is -0.411. The smallest absolute Gasteiger partial charge is 0.270 e. The number of benzene rings is 1. The number of aromatic nitrogens is 3. The molecule has 1 atom stereocenters. The van der Waals surface area contributed by atoms with Crippen LogP contribution in [-0.2, 0) is 0 Å². The minimum Gasteiger partial charge on any atom is -0.467 e. The lowest BCUT2D eigenvalue weighted by molar-refractivity contribution is -0.384. The fourth-order valence-electron chi connectivity index (χ4n) is 2.68. The summed E-state index contributed by atoms with van der Waals surface area (Å²) in [6.07, 6.45) is 5.42. The van der Waals surface area contributed by atoms with Gasteiger partial charge in [0, 0.05) is 23.4 Å². The lowest BCUT2D eigenvalue weighted by Crippen LogP contribution is -2.19. The van der Waals surface area contributed by atoms with Gasteiger partial charge in [-0.3, -0.25) is 10.1 Å². The Morgan fingerprint density at radius 1 is 1.36 bits per heavy atom. The van der Waals surface area contributed by atoms with E-state index in [1.54, 1.807) is 17.0 Å². The van der Waals surface area contributed by atoms with Crippen molar-refractivity contribution in [3.05, 3.63) is 70.2 Å². The normalized spacial score (nSPS) is 16.0. The van der Waals surface area contributed by atoms with Gasteiger partial charge in [-0.15, -0.1) is 5.10 Å². The summed E-state index contributed by atoms with van der Waals surface area (Å²) in [5.41, 5.74) is 1.45. The number of furan rings is 1. The van der Waals surface area contributed by atoms with Crippen LogP contribution in [0, 0.1) is 10.1 Å². The maximum atomic E-state index is 11.0. The second-order valence-electron chi connectivity index (χ2n) is 5.34. The molecule has 0 radical (unpaired) electrons. The standard InChI is InChI=1S/C16H13N5O3S/c1-25-16-18-15-17-12(10-4-2-5-11(8-10)21(22)23)9-13(20(15)19-16)14-6-3-7-24-14/h2-9,13H,1H3,(H,17,18,19)/t13-/m0/s1. The van der Waals surface area contributed by atoms with E-state index in [2.05, 4.69) is 15.4 Å². The zero-order valence-corrected chi connectivity index (χ0v) is 13.9. The number of rotatable bonds is 4. The predicted molar refractivity (Wildman–Crippen MR) is 93.3 cm³/mol. The summed E-state index contributed by atoms with van der Waals surface area (Å²) < 4.78 is 7.28. The third-order valence-corrected chi connectivity index (χ3v) is 4.37. The topological polar surface area (TPSA) is 99.0 Å². The fraction of sp³-hybridized carbons (Fsp3) is 0.125. The third-order valence-electron chi connectivity index (χ3n) is 3.83. The minimum absolute atomic E-state index is 0.0339. The molecule has 0 saturated carbocycles. The molecule has 3 heterocycles. The van der Waals surface area contributed by atoms with Gasteiger partial charge >= 0.3 is 0 Å². The monoisotopic (exact) mass is 355 g/mol. The van der Waals surface area contributed by atoms with E-state index in [-0.39, 0.29) is 11.7 Å². The van der Waals surface area contributed by atoms with Crippen LogP contribution in [0.4, 0.5) is 11.6 Å². The van der Waals surface area contributed by atoms with Crippen LogP contribution in [0.1, 0.15) is 17.4 Å². The summed E-state index contributed by atoms with van der Waals surface area (Å²) in [5.74, 6) is 1.28. The molecule has 9 heteroatoms. The Hall–Kier alpha value is -3.07. The highest BCUT2D eigenvalue weighted by Crippen LogP contribution is 2.34. The molecule has 126 valence electrons. The van der Waals surface area contributed by atoms with Crippen molar-refractivity contribution >= 4 is 29.1 Å². The number of nitro benzene ring substituents is 1. The maximum Gasteiger partial charge on any atom is 0.270 e. The average molecular weight is 355 g/mol. The van der Waals surface area contributed by atoms with Crippen molar-refractivity contribution in [3.63, 3.8) is 0 Å². The highest BCUT2D eigenvalue weighted by molar-refractivity contribution is 7.98. The van der Waals surface area contributed by atoms with Gasteiger partial charge in [-0.05, 0) is 24.5 Å². The quantitative estimate of drug-likeness (QED) is 0.434. The van der Waals surface area contributed by atoms with Crippen LogP contribution in [-0.4, -0.2) is 25.9 Å². The van der Waals surface area contributed by atoms with Gasteiger partial charge in [0.25, 0.3) is 5.69 Å². The maximum absolute atomic E-state index is 11.0. The lowest BCUT2D eigenvalue weighted by atomic mass is 10.1. The largest absolute Gasteiger partial charge is 0.467 e. The summed E-state index contributed by atoms with van der Waals surface area (Å²) in [7, 11) is 0. The molecule has 0 spiro atoms. The number of nitrogens with one attached hydrogen (secondary N) is 1. The summed E-state index contributed by atoms with van der Waals surface area (Å²) in [5, 5.41) is 19.4. The summed E-state index contributed by atoms with van der Waals surface area (Å²) in [6.45, 7) is 0. The van der Waals surface area contributed by atoms with Gasteiger partial charge in [-0.25, -0.2) is 4.68 Å². The Morgan fingerprint density at radius 3 is 2.96 bits per heavy atom. The second kappa shape index (κ2) is 6.10. The van der Waals surface area contributed by atoms with Crippen LogP contribution < -0.4 is 5.32 Å². The lowest BCUT2D eigenvalue weighted by Gasteiger charge is -2.22. The van der Waals surface area contributed by atoms with Gasteiger partial charge in [0.1, 0.15) is 11.8 Å². The molecule has 25 heavy (non-hydrogen) atoms. The summed E-state index contributed by atoms with van der Waals surface area (Å²) in [4.78, 5) is 15.1. The molecule has 1 aliphatic heterocycles. The van der Waals surface area contributed by atoms with Gasteiger partial charge in [-0.2, -0.15) is 4.98 Å². The van der Waals surface area contributed by atoms with Crippen LogP contribution >= 0.6 is 11.8 Å². The van der Waals surface area contributed by atoms with E-state index in [0.717, 1.165) is 5.70 Å². The molecule has 1 aliphatic rings. The van der Waals surface area contributed by atoms with Crippen LogP contribution in [0.15, 0.2) is 58.3 Å². The number of allylic oxidation sites excluding steroid dienone is 1. The van der Waals surface area contributed by atoms with Crippen molar-refractivity contribution in [3.8, 4) is 0 Å². The van der Waals surface area contributed by atoms with Crippen molar-refractivity contribution in [1.29, 1.82) is 0 Å². The highest BCUT2D eigenvalue weighted by atomic mass is 32.2. The van der Waals surface area contributed by atoms with Crippen molar-refractivity contribution in [2.75, 3.05) is 11.6 Å². The Morgan fingerprint density at radius 2 is 2.24 bits per heavy atom. The number of nitro groups is 1. The number of thioether (sulfide) groups is 1. The van der Waals surface area contributed by atoms with Crippen molar-refractivity contribution in [2.24, 2.45) is 0 Å². The molecule has 0 unspecified atom stereocenters. The van der Waals surface area contributed by atoms with E-state index >= 15 is 0 Å². The molecule has 0 amide bonds. The van der Waals surface area contributed by atoms with E-state index in [0.29, 0.717) is 22.4 Å². The Bertz CT molecular complexity index is 964. The van der Waals surface area contributed by atoms with Crippen molar-refractivity contribution in [1.82, 2.24) is 14.8 Å². The first-order chi connectivity index (χ1) is 12.2. The van der Waals surface area contributed by atoms with E-state index in [4.69, 9.17) is 4.42 Å². The number of fused-ring (bicyclic) bond motifs is 1. The first-order valence-electron chi connectivity index (χ1n) is 7.43. The zero-order chi connectivity index (χ0) is 17.4. The number of hydrogen-bond acceptors (Lipinski definition) is 7. The summed E-state index contributed by atoms with van der Waals surface area (Å²) in [6, 6.07) is 9.85. The number of nitrogens with zero attached hydrogens (tertiary/aromatic N) is 4. The second-order valence-corrected chi connectivity index (χ2v) is 6.11. The van der Waals surface area contributed by atoms with Gasteiger partial charge in [0.2, 0.25) is 11.1 Å². The molecular weight excluding hydrogens is 342 g/mol. The molecule has 4 rings (SSSR count). The molecule has 0 fully saturated rings. The van der Waals surface area contributed by atoms with Crippen molar-refractivity contribution in [2.45, 2.75) is 11.2 Å². The summed E-state index contributed by atoms with van der Waals surface area (Å²) >= 11 is 1.44. The Labute approximate surface area is 146 Å². The van der Waals surface area contributed by atoms with Gasteiger partial charge < -0.3 is 9.73 Å². The molecule has 0 saturated heterocycles. The molecule has 8 nitrogen and oxygen atoms in total. The third kappa shape index (κ3) is 2.78. The molecule has 1 aromatic carbocycles. The van der Waals surface area contributed by atoms with Crippen LogP contribution in [0.2, 0.25) is 0 Å². The molecule has 1 N–H and O–H groups in total. The Kier molecular flexibility index (Phi) is 3.77. The fourth-order valence-corrected chi connectivity index (χ4v) is 3.02. The van der Waals surface area contributed by atoms with Crippen LogP contribution in [0.3, 0.4) is 0 Å². The van der Waals surface area contributed by atoms with E-state index in [1.165, 1.54) is 23.9 Å². The predicted octanol–water partition coefficient (Wildman–Crippen LogP) is 3.56. The van der Waals surface area contributed by atoms with Gasteiger partial charge in [0.15, 0.2) is 0 Å². The van der Waals surface area contributed by atoms with E-state index in [9.17, 15) is 10.1 Å².